The van der Waals surface area contributed by atoms with E-state index in [2.05, 4.69) is 15.0 Å². The Bertz CT molecular complexity index is 769. The molecule has 0 radical (unpaired) electrons. The van der Waals surface area contributed by atoms with Crippen molar-refractivity contribution in [2.75, 3.05) is 11.5 Å². The van der Waals surface area contributed by atoms with Crippen LogP contribution in [0.4, 0.5) is 11.5 Å². The molecule has 0 spiro atoms. The smallest absolute Gasteiger partial charge is 0.124 e. The maximum absolute atomic E-state index is 6.24. The van der Waals surface area contributed by atoms with E-state index in [4.69, 9.17) is 23.1 Å². The fourth-order valence-electron chi connectivity index (χ4n) is 2.13. The second kappa shape index (κ2) is 5.38. The number of nitrogens with two attached hydrogens (primary N) is 2. The Balaban J connectivity index is 2.30. The Morgan fingerprint density at radius 2 is 1.67 bits per heavy atom. The molecule has 3 aromatic rings. The largest absolute Gasteiger partial charge is 0.397 e. The van der Waals surface area contributed by atoms with Crippen LogP contribution in [-0.2, 0) is 0 Å². The van der Waals surface area contributed by atoms with Crippen LogP contribution in [-0.4, -0.2) is 15.0 Å². The number of nitrogen functional groups attached to an aromatic ring is 2. The molecule has 0 bridgehead atoms. The Labute approximate surface area is 126 Å². The van der Waals surface area contributed by atoms with Crippen molar-refractivity contribution in [2.24, 2.45) is 0 Å². The first-order valence-electron chi connectivity index (χ1n) is 6.23. The van der Waals surface area contributed by atoms with E-state index < -0.39 is 0 Å². The molecule has 3 aromatic heterocycles. The average molecular weight is 298 g/mol. The lowest BCUT2D eigenvalue weighted by atomic mass is 10.00. The van der Waals surface area contributed by atoms with Crippen LogP contribution in [0.2, 0.25) is 5.02 Å². The van der Waals surface area contributed by atoms with Gasteiger partial charge in [0.2, 0.25) is 0 Å². The molecular formula is C15H12ClN5. The van der Waals surface area contributed by atoms with Gasteiger partial charge < -0.3 is 11.5 Å². The lowest BCUT2D eigenvalue weighted by Crippen LogP contribution is -1.99. The van der Waals surface area contributed by atoms with Crippen LogP contribution in [0.25, 0.3) is 22.4 Å². The minimum atomic E-state index is 0.398. The predicted octanol–water partition coefficient (Wildman–Crippen LogP) is 3.02. The molecule has 0 unspecified atom stereocenters. The van der Waals surface area contributed by atoms with E-state index in [1.165, 1.54) is 6.20 Å². The van der Waals surface area contributed by atoms with Gasteiger partial charge in [0.25, 0.3) is 0 Å². The lowest BCUT2D eigenvalue weighted by Gasteiger charge is -2.13. The fourth-order valence-corrected chi connectivity index (χ4v) is 2.38. The summed E-state index contributed by atoms with van der Waals surface area (Å²) in [4.78, 5) is 12.4. The van der Waals surface area contributed by atoms with Crippen molar-refractivity contribution in [3.8, 4) is 22.4 Å². The number of hydrogen-bond donors (Lipinski definition) is 2. The molecule has 5 nitrogen and oxygen atoms in total. The molecule has 0 fully saturated rings. The Morgan fingerprint density at radius 3 is 2.38 bits per heavy atom. The first-order chi connectivity index (χ1) is 10.2. The first-order valence-corrected chi connectivity index (χ1v) is 6.61. The van der Waals surface area contributed by atoms with Crippen molar-refractivity contribution in [2.45, 2.75) is 0 Å². The molecule has 0 aliphatic heterocycles. The van der Waals surface area contributed by atoms with E-state index >= 15 is 0 Å². The van der Waals surface area contributed by atoms with Gasteiger partial charge in [-0.25, -0.2) is 4.98 Å². The van der Waals surface area contributed by atoms with Gasteiger partial charge in [0.15, 0.2) is 0 Å². The average Bonchev–Trinajstić information content (AvgIpc) is 2.48. The van der Waals surface area contributed by atoms with Crippen LogP contribution < -0.4 is 11.5 Å². The fraction of sp³-hybridized carbons (Fsp3) is 0. The second-order valence-electron chi connectivity index (χ2n) is 4.45. The van der Waals surface area contributed by atoms with Gasteiger partial charge in [0.05, 0.1) is 22.6 Å². The molecule has 0 saturated carbocycles. The van der Waals surface area contributed by atoms with Gasteiger partial charge >= 0.3 is 0 Å². The minimum absolute atomic E-state index is 0.398. The van der Waals surface area contributed by atoms with E-state index in [1.54, 1.807) is 24.7 Å². The number of pyridine rings is 3. The number of anilines is 2. The summed E-state index contributed by atoms with van der Waals surface area (Å²) in [5.41, 5.74) is 15.4. The van der Waals surface area contributed by atoms with Crippen molar-refractivity contribution >= 4 is 23.1 Å². The lowest BCUT2D eigenvalue weighted by molar-refractivity contribution is 1.29. The number of halogens is 1. The van der Waals surface area contributed by atoms with Crippen LogP contribution in [0.15, 0.2) is 49.1 Å². The van der Waals surface area contributed by atoms with Gasteiger partial charge in [0.1, 0.15) is 5.82 Å². The van der Waals surface area contributed by atoms with Crippen LogP contribution >= 0.6 is 11.6 Å². The number of aromatic nitrogens is 3. The summed E-state index contributed by atoms with van der Waals surface area (Å²) in [6.07, 6.45) is 6.51. The van der Waals surface area contributed by atoms with Crippen LogP contribution in [0, 0.1) is 0 Å². The topological polar surface area (TPSA) is 90.7 Å². The van der Waals surface area contributed by atoms with Crippen molar-refractivity contribution < 1.29 is 0 Å². The van der Waals surface area contributed by atoms with Crippen LogP contribution in [0.3, 0.4) is 0 Å². The highest BCUT2D eigenvalue weighted by molar-refractivity contribution is 6.34. The van der Waals surface area contributed by atoms with Gasteiger partial charge in [-0.1, -0.05) is 11.6 Å². The van der Waals surface area contributed by atoms with Crippen molar-refractivity contribution in [1.82, 2.24) is 15.0 Å². The highest BCUT2D eigenvalue weighted by atomic mass is 35.5. The molecule has 0 aromatic carbocycles. The quantitative estimate of drug-likeness (QED) is 0.758. The molecule has 0 aliphatic carbocycles. The van der Waals surface area contributed by atoms with E-state index in [9.17, 15) is 0 Å². The van der Waals surface area contributed by atoms with Gasteiger partial charge in [-0.3, -0.25) is 9.97 Å². The highest BCUT2D eigenvalue weighted by Crippen LogP contribution is 2.37. The van der Waals surface area contributed by atoms with Gasteiger partial charge in [-0.2, -0.15) is 0 Å². The van der Waals surface area contributed by atoms with E-state index in [1.807, 2.05) is 18.2 Å². The standard InChI is InChI=1S/C15H12ClN5/c16-11-7-20-8-12(17)14(11)15-10(1-2-13(18)21-15)9-3-5-19-6-4-9/h1-8H,17H2,(H2,18,21). The summed E-state index contributed by atoms with van der Waals surface area (Å²) in [6.45, 7) is 0. The van der Waals surface area contributed by atoms with Crippen molar-refractivity contribution in [3.63, 3.8) is 0 Å². The normalized spacial score (nSPS) is 10.5. The Kier molecular flexibility index (Phi) is 3.41. The summed E-state index contributed by atoms with van der Waals surface area (Å²) in [5, 5.41) is 0.434. The van der Waals surface area contributed by atoms with Crippen molar-refractivity contribution in [3.05, 3.63) is 54.1 Å². The first kappa shape index (κ1) is 13.3. The number of nitrogens with zero attached hydrogens (tertiary/aromatic N) is 3. The molecule has 6 heteroatoms. The minimum Gasteiger partial charge on any atom is -0.397 e. The number of rotatable bonds is 2. The van der Waals surface area contributed by atoms with E-state index in [-0.39, 0.29) is 0 Å². The molecular weight excluding hydrogens is 286 g/mol. The van der Waals surface area contributed by atoms with Gasteiger partial charge in [-0.15, -0.1) is 0 Å². The third kappa shape index (κ3) is 2.51. The maximum Gasteiger partial charge on any atom is 0.124 e. The third-order valence-electron chi connectivity index (χ3n) is 3.07. The summed E-state index contributed by atoms with van der Waals surface area (Å²) >= 11 is 6.24. The third-order valence-corrected chi connectivity index (χ3v) is 3.36. The molecule has 4 N–H and O–H groups in total. The molecule has 0 aliphatic rings. The maximum atomic E-state index is 6.24. The summed E-state index contributed by atoms with van der Waals surface area (Å²) in [6, 6.07) is 7.41. The Morgan fingerprint density at radius 1 is 0.905 bits per heavy atom. The molecule has 21 heavy (non-hydrogen) atoms. The zero-order chi connectivity index (χ0) is 14.8. The van der Waals surface area contributed by atoms with E-state index in [0.717, 1.165) is 11.1 Å². The second-order valence-corrected chi connectivity index (χ2v) is 4.86. The monoisotopic (exact) mass is 297 g/mol. The summed E-state index contributed by atoms with van der Waals surface area (Å²) < 4.78 is 0. The zero-order valence-electron chi connectivity index (χ0n) is 11.0. The van der Waals surface area contributed by atoms with Crippen molar-refractivity contribution in [1.29, 1.82) is 0 Å². The number of hydrogen-bond acceptors (Lipinski definition) is 5. The molecule has 0 saturated heterocycles. The molecule has 0 atom stereocenters. The zero-order valence-corrected chi connectivity index (χ0v) is 11.7. The molecule has 3 heterocycles. The SMILES string of the molecule is Nc1ccc(-c2ccncc2)c(-c2c(N)cncc2Cl)n1. The summed E-state index contributed by atoms with van der Waals surface area (Å²) in [7, 11) is 0. The van der Waals surface area contributed by atoms with Crippen LogP contribution in [0.5, 0.6) is 0 Å². The highest BCUT2D eigenvalue weighted by Gasteiger charge is 2.15. The van der Waals surface area contributed by atoms with Gasteiger partial charge in [-0.05, 0) is 29.8 Å². The molecule has 3 rings (SSSR count). The molecule has 0 amide bonds. The molecule has 104 valence electrons. The predicted molar refractivity (Wildman–Crippen MR) is 84.5 cm³/mol. The van der Waals surface area contributed by atoms with Crippen LogP contribution in [0.1, 0.15) is 0 Å². The van der Waals surface area contributed by atoms with E-state index in [0.29, 0.717) is 27.8 Å². The summed E-state index contributed by atoms with van der Waals surface area (Å²) in [5.74, 6) is 0.398. The Hall–Kier alpha value is -2.66. The van der Waals surface area contributed by atoms with Gasteiger partial charge in [0, 0.05) is 29.7 Å².